The average Bonchev–Trinajstić information content (AvgIpc) is 3.80. The van der Waals surface area contributed by atoms with E-state index in [9.17, 15) is 19.7 Å². The van der Waals surface area contributed by atoms with Crippen LogP contribution in [-0.2, 0) is 12.8 Å². The molecule has 0 saturated heterocycles. The minimum atomic E-state index is -0.760. The zero-order chi connectivity index (χ0) is 31.0. The lowest BCUT2D eigenvalue weighted by atomic mass is 9.83. The molecule has 0 amide bonds. The first kappa shape index (κ1) is 27.9. The van der Waals surface area contributed by atoms with Crippen LogP contribution in [0.3, 0.4) is 0 Å². The molecule has 224 valence electrons. The minimum absolute atomic E-state index is 0.0691. The Morgan fingerprint density at radius 3 is 1.70 bits per heavy atom. The monoisotopic (exact) mass is 606 g/mol. The summed E-state index contributed by atoms with van der Waals surface area (Å²) in [6, 6.07) is 15.0. The zero-order valence-electron chi connectivity index (χ0n) is 22.0. The van der Waals surface area contributed by atoms with Crippen LogP contribution >= 0.6 is 0 Å². The van der Waals surface area contributed by atoms with Crippen molar-refractivity contribution in [3.63, 3.8) is 0 Å². The van der Waals surface area contributed by atoms with Crippen molar-refractivity contribution in [3.8, 4) is 23.0 Å². The van der Waals surface area contributed by atoms with Crippen molar-refractivity contribution in [3.05, 3.63) is 102 Å². The second kappa shape index (κ2) is 11.2. The highest BCUT2D eigenvalue weighted by molar-refractivity contribution is 5.62. The predicted molar refractivity (Wildman–Crippen MR) is 141 cm³/mol. The fraction of sp³-hybridized carbons (Fsp3) is 0.167. The van der Waals surface area contributed by atoms with Crippen molar-refractivity contribution in [2.45, 2.75) is 24.9 Å². The topological polar surface area (TPSA) is 284 Å². The van der Waals surface area contributed by atoms with Gasteiger partial charge in [0.2, 0.25) is 11.6 Å². The maximum Gasteiger partial charge on any atom is 0.446 e. The molecule has 2 aliphatic carbocycles. The molecule has 0 radical (unpaired) electrons. The molecule has 44 heavy (non-hydrogen) atoms. The first-order valence-corrected chi connectivity index (χ1v) is 12.5. The summed E-state index contributed by atoms with van der Waals surface area (Å²) >= 11 is 0. The molecule has 0 aliphatic heterocycles. The second-order valence-electron chi connectivity index (χ2n) is 9.31. The Hall–Kier alpha value is -6.28. The summed E-state index contributed by atoms with van der Waals surface area (Å²) in [6.45, 7) is 0. The third-order valence-corrected chi connectivity index (χ3v) is 7.13. The van der Waals surface area contributed by atoms with Crippen molar-refractivity contribution in [1.82, 2.24) is 40.1 Å². The van der Waals surface area contributed by atoms with E-state index in [0.29, 0.717) is 6.42 Å². The van der Waals surface area contributed by atoms with Crippen LogP contribution in [0.1, 0.15) is 34.3 Å². The molecular weight excluding hydrogens is 588 g/mol. The van der Waals surface area contributed by atoms with Crippen molar-refractivity contribution < 1.29 is 33.7 Å². The molecular formula is C24H18N10O10. The summed E-state index contributed by atoms with van der Waals surface area (Å²) < 4.78 is 21.0. The van der Waals surface area contributed by atoms with Gasteiger partial charge in [-0.05, 0) is 55.5 Å². The fourth-order valence-electron chi connectivity index (χ4n) is 5.10. The Labute approximate surface area is 241 Å². The van der Waals surface area contributed by atoms with Crippen LogP contribution in [0, 0.1) is 10.1 Å². The largest absolute Gasteiger partial charge is 0.446 e. The number of nitro groups is 1. The highest BCUT2D eigenvalue weighted by atomic mass is 17.0. The van der Waals surface area contributed by atoms with Crippen molar-refractivity contribution in [2.24, 2.45) is 0 Å². The van der Waals surface area contributed by atoms with Crippen LogP contribution in [0.5, 0.6) is 0 Å². The first-order chi connectivity index (χ1) is 21.4. The smallest absolute Gasteiger partial charge is 0.379 e. The van der Waals surface area contributed by atoms with E-state index in [-0.39, 0.29) is 40.9 Å². The number of nitrogens with zero attached hydrogens (tertiary/aromatic N) is 9. The van der Waals surface area contributed by atoms with Gasteiger partial charge in [0.05, 0.1) is 12.1 Å². The molecule has 20 nitrogen and oxygen atoms in total. The lowest BCUT2D eigenvalue weighted by molar-refractivity contribution is -0.390. The second-order valence-corrected chi connectivity index (χ2v) is 9.31. The number of hydrogen-bond acceptors (Lipinski definition) is 17. The van der Waals surface area contributed by atoms with E-state index in [1.807, 2.05) is 48.5 Å². The normalized spacial score (nSPS) is 15.8. The van der Waals surface area contributed by atoms with Crippen molar-refractivity contribution >= 4 is 11.6 Å². The van der Waals surface area contributed by atoms with Gasteiger partial charge in [0.1, 0.15) is 0 Å². The first-order valence-electron chi connectivity index (χ1n) is 12.5. The lowest BCUT2D eigenvalue weighted by Gasteiger charge is -2.30. The third-order valence-electron chi connectivity index (χ3n) is 7.13. The van der Waals surface area contributed by atoms with E-state index < -0.39 is 22.3 Å². The molecule has 0 spiro atoms. The molecule has 0 bridgehead atoms. The van der Waals surface area contributed by atoms with E-state index >= 15 is 0 Å². The number of aromatic nitrogens is 8. The quantitative estimate of drug-likeness (QED) is 0.142. The summed E-state index contributed by atoms with van der Waals surface area (Å²) in [6.07, 6.45) is 1.33. The minimum Gasteiger partial charge on any atom is -0.379 e. The zero-order valence-corrected chi connectivity index (χ0v) is 22.0. The van der Waals surface area contributed by atoms with Gasteiger partial charge in [0.25, 0.3) is 5.69 Å². The number of hydrogen-bond donors (Lipinski definition) is 3. The number of nitrogens with two attached hydrogens (primary N) is 1. The molecule has 2 unspecified atom stereocenters. The summed E-state index contributed by atoms with van der Waals surface area (Å²) in [7, 11) is 0. The number of rotatable bonds is 5. The standard InChI is InChI=1S/C12H7N5O5.C12H9N5O3.H2O2/c18-12-16(8-5-6-3-1-2-4-7(6)8)10(14-21-12)9-11(17(19)20)15-22-13-9;13-10-9(14-20-15-10)11-16-19-12(18)17(11)8-5-6-3-1-2-4-7(6)8;1-2/h1-4,8H,5H2;1-4,8H,5H2,(H2,13,15);1-2H. The molecule has 0 saturated carbocycles. The molecule has 4 heterocycles. The van der Waals surface area contributed by atoms with Gasteiger partial charge in [-0.15, -0.1) is 4.63 Å². The summed E-state index contributed by atoms with van der Waals surface area (Å²) in [4.78, 5) is 34.0. The van der Waals surface area contributed by atoms with Gasteiger partial charge in [-0.1, -0.05) is 58.8 Å². The maximum absolute atomic E-state index is 11.9. The molecule has 2 aliphatic rings. The Kier molecular flexibility index (Phi) is 7.08. The molecule has 2 atom stereocenters. The summed E-state index contributed by atoms with van der Waals surface area (Å²) in [5, 5.41) is 44.1. The number of nitrogen functional groups attached to an aromatic ring is 1. The van der Waals surface area contributed by atoms with E-state index in [1.54, 1.807) is 0 Å². The molecule has 20 heteroatoms. The van der Waals surface area contributed by atoms with Gasteiger partial charge < -0.3 is 15.8 Å². The van der Waals surface area contributed by atoms with E-state index in [4.69, 9.17) is 20.8 Å². The van der Waals surface area contributed by atoms with Crippen LogP contribution in [0.15, 0.2) is 76.4 Å². The number of anilines is 1. The van der Waals surface area contributed by atoms with Crippen LogP contribution < -0.4 is 17.2 Å². The van der Waals surface area contributed by atoms with Crippen LogP contribution in [-0.4, -0.2) is 55.5 Å². The molecule has 4 N–H and O–H groups in total. The Morgan fingerprint density at radius 2 is 1.23 bits per heavy atom. The van der Waals surface area contributed by atoms with E-state index in [1.165, 1.54) is 14.7 Å². The van der Waals surface area contributed by atoms with Gasteiger partial charge in [-0.2, -0.15) is 0 Å². The predicted octanol–water partition coefficient (Wildman–Crippen LogP) is 1.57. The number of fused-ring (bicyclic) bond motifs is 2. The average molecular weight is 606 g/mol. The van der Waals surface area contributed by atoms with Gasteiger partial charge in [-0.25, -0.2) is 23.4 Å². The van der Waals surface area contributed by atoms with Crippen LogP contribution in [0.2, 0.25) is 0 Å². The molecule has 8 rings (SSSR count). The number of benzene rings is 2. The van der Waals surface area contributed by atoms with Gasteiger partial charge in [-0.3, -0.25) is 19.6 Å². The Balaban J connectivity index is 0.000000148. The SMILES string of the molecule is Nc1nonc1-c1noc(=O)n1C1Cc2ccccc21.O=c1onc(-c2nonc2[N+](=O)[O-])n1C1Cc2ccccc21.OO. The highest BCUT2D eigenvalue weighted by Crippen LogP contribution is 2.39. The van der Waals surface area contributed by atoms with Gasteiger partial charge >= 0.3 is 17.3 Å². The molecule has 2 aromatic carbocycles. The summed E-state index contributed by atoms with van der Waals surface area (Å²) in [5.41, 5.74) is 9.91. The lowest BCUT2D eigenvalue weighted by Crippen LogP contribution is -2.31. The van der Waals surface area contributed by atoms with Crippen LogP contribution in [0.4, 0.5) is 11.6 Å². The third kappa shape index (κ3) is 4.51. The van der Waals surface area contributed by atoms with Crippen molar-refractivity contribution in [2.75, 3.05) is 5.73 Å². The fourth-order valence-corrected chi connectivity index (χ4v) is 5.10. The highest BCUT2D eigenvalue weighted by Gasteiger charge is 2.37. The molecule has 4 aromatic heterocycles. The molecule has 6 aromatic rings. The van der Waals surface area contributed by atoms with Gasteiger partial charge in [0, 0.05) is 0 Å². The molecule has 0 fully saturated rings. The Bertz CT molecular complexity index is 2090. The Morgan fingerprint density at radius 1 is 0.750 bits per heavy atom. The van der Waals surface area contributed by atoms with E-state index in [2.05, 4.69) is 44.7 Å². The van der Waals surface area contributed by atoms with Crippen molar-refractivity contribution in [1.29, 1.82) is 0 Å². The summed E-state index contributed by atoms with van der Waals surface area (Å²) in [5.74, 6) is -1.66. The van der Waals surface area contributed by atoms with Crippen LogP contribution in [0.25, 0.3) is 23.0 Å². The van der Waals surface area contributed by atoms with E-state index in [0.717, 1.165) is 23.1 Å². The van der Waals surface area contributed by atoms with Gasteiger partial charge in [0.15, 0.2) is 16.7 Å². The maximum atomic E-state index is 11.9.